The van der Waals surface area contributed by atoms with Gasteiger partial charge >= 0.3 is 0 Å². The third-order valence-corrected chi connectivity index (χ3v) is 2.81. The largest absolute Gasteiger partial charge is 0.457 e. The van der Waals surface area contributed by atoms with E-state index in [1.165, 1.54) is 12.1 Å². The zero-order chi connectivity index (χ0) is 14.4. The highest BCUT2D eigenvalue weighted by Crippen LogP contribution is 2.24. The van der Waals surface area contributed by atoms with Crippen molar-refractivity contribution < 1.29 is 13.9 Å². The minimum absolute atomic E-state index is 0.320. The predicted molar refractivity (Wildman–Crippen MR) is 76.4 cm³/mol. The summed E-state index contributed by atoms with van der Waals surface area (Å²) in [7, 11) is 1.64. The molecule has 0 unspecified atom stereocenters. The van der Waals surface area contributed by atoms with Gasteiger partial charge in [0.05, 0.1) is 6.61 Å². The lowest BCUT2D eigenvalue weighted by molar-refractivity contribution is 0.184. The molecule has 0 aliphatic rings. The molecule has 0 radical (unpaired) electrons. The molecule has 0 aliphatic carbocycles. The summed E-state index contributed by atoms with van der Waals surface area (Å²) in [5.74, 6) is 0.811. The quantitative estimate of drug-likeness (QED) is 0.880. The standard InChI is InChI=1S/C16H18FNO2/c1-19-11-13-3-2-4-15(9-13)20-16-8-12(5-6-18)7-14(17)10-16/h2-4,7-10H,5-6,11,18H2,1H3. The van der Waals surface area contributed by atoms with E-state index in [9.17, 15) is 4.39 Å². The van der Waals surface area contributed by atoms with Crippen LogP contribution in [0.2, 0.25) is 0 Å². The van der Waals surface area contributed by atoms with Crippen LogP contribution < -0.4 is 10.5 Å². The van der Waals surface area contributed by atoms with E-state index < -0.39 is 0 Å². The average molecular weight is 275 g/mol. The van der Waals surface area contributed by atoms with Crippen LogP contribution in [0.4, 0.5) is 4.39 Å². The lowest BCUT2D eigenvalue weighted by atomic mass is 10.1. The number of halogens is 1. The molecule has 2 N–H and O–H groups in total. The Bertz CT molecular complexity index is 572. The van der Waals surface area contributed by atoms with Crippen molar-refractivity contribution in [3.8, 4) is 11.5 Å². The van der Waals surface area contributed by atoms with Gasteiger partial charge in [-0.3, -0.25) is 0 Å². The third-order valence-electron chi connectivity index (χ3n) is 2.81. The highest BCUT2D eigenvalue weighted by molar-refractivity contribution is 5.36. The topological polar surface area (TPSA) is 44.5 Å². The molecule has 0 aromatic heterocycles. The first kappa shape index (κ1) is 14.5. The van der Waals surface area contributed by atoms with Crippen molar-refractivity contribution in [2.24, 2.45) is 5.73 Å². The Morgan fingerprint density at radius 2 is 1.85 bits per heavy atom. The maximum Gasteiger partial charge on any atom is 0.130 e. The molecular formula is C16H18FNO2. The van der Waals surface area contributed by atoms with E-state index in [1.54, 1.807) is 13.2 Å². The first-order valence-electron chi connectivity index (χ1n) is 6.46. The molecule has 3 nitrogen and oxygen atoms in total. The van der Waals surface area contributed by atoms with E-state index in [4.69, 9.17) is 15.2 Å². The second-order valence-electron chi connectivity index (χ2n) is 4.52. The van der Waals surface area contributed by atoms with Gasteiger partial charge in [-0.2, -0.15) is 0 Å². The minimum Gasteiger partial charge on any atom is -0.457 e. The molecule has 2 aromatic rings. The molecule has 0 aliphatic heterocycles. The van der Waals surface area contributed by atoms with Crippen molar-refractivity contribution in [1.29, 1.82) is 0 Å². The fourth-order valence-electron chi connectivity index (χ4n) is 1.99. The molecule has 2 aromatic carbocycles. The van der Waals surface area contributed by atoms with E-state index in [0.29, 0.717) is 31.1 Å². The molecule has 106 valence electrons. The Morgan fingerprint density at radius 1 is 1.05 bits per heavy atom. The van der Waals surface area contributed by atoms with Crippen LogP contribution in [0.5, 0.6) is 11.5 Å². The first-order valence-corrected chi connectivity index (χ1v) is 6.46. The van der Waals surface area contributed by atoms with Crippen molar-refractivity contribution in [2.75, 3.05) is 13.7 Å². The summed E-state index contributed by atoms with van der Waals surface area (Å²) in [5.41, 5.74) is 7.32. The normalized spacial score (nSPS) is 10.6. The van der Waals surface area contributed by atoms with Crippen LogP contribution in [0, 0.1) is 5.82 Å². The molecule has 2 rings (SSSR count). The van der Waals surface area contributed by atoms with E-state index in [1.807, 2.05) is 24.3 Å². The van der Waals surface area contributed by atoms with Crippen LogP contribution in [0.3, 0.4) is 0 Å². The lowest BCUT2D eigenvalue weighted by Gasteiger charge is -2.09. The Labute approximate surface area is 118 Å². The summed E-state index contributed by atoms with van der Waals surface area (Å²) in [5, 5.41) is 0. The van der Waals surface area contributed by atoms with Gasteiger partial charge in [-0.1, -0.05) is 12.1 Å². The fraction of sp³-hybridized carbons (Fsp3) is 0.250. The van der Waals surface area contributed by atoms with Crippen LogP contribution in [0.25, 0.3) is 0 Å². The van der Waals surface area contributed by atoms with Gasteiger partial charge in [0, 0.05) is 13.2 Å². The predicted octanol–water partition coefficient (Wildman–Crippen LogP) is 3.27. The first-order chi connectivity index (χ1) is 9.71. The summed E-state index contributed by atoms with van der Waals surface area (Å²) in [4.78, 5) is 0. The van der Waals surface area contributed by atoms with Crippen LogP contribution in [-0.2, 0) is 17.8 Å². The van der Waals surface area contributed by atoms with Crippen molar-refractivity contribution in [3.63, 3.8) is 0 Å². The Balaban J connectivity index is 2.18. The Hall–Kier alpha value is -1.91. The highest BCUT2D eigenvalue weighted by atomic mass is 19.1. The van der Waals surface area contributed by atoms with E-state index >= 15 is 0 Å². The SMILES string of the molecule is COCc1cccc(Oc2cc(F)cc(CCN)c2)c1. The van der Waals surface area contributed by atoms with Gasteiger partial charge in [-0.05, 0) is 48.4 Å². The number of benzene rings is 2. The highest BCUT2D eigenvalue weighted by Gasteiger charge is 2.04. The molecule has 20 heavy (non-hydrogen) atoms. The second-order valence-corrected chi connectivity index (χ2v) is 4.52. The molecule has 0 heterocycles. The Kier molecular flexibility index (Phi) is 5.09. The fourth-order valence-corrected chi connectivity index (χ4v) is 1.99. The second kappa shape index (κ2) is 7.03. The number of methoxy groups -OCH3 is 1. The smallest absolute Gasteiger partial charge is 0.130 e. The minimum atomic E-state index is -0.320. The number of hydrogen-bond acceptors (Lipinski definition) is 3. The van der Waals surface area contributed by atoms with Crippen LogP contribution in [-0.4, -0.2) is 13.7 Å². The molecule has 0 saturated carbocycles. The monoisotopic (exact) mass is 275 g/mol. The molecule has 0 spiro atoms. The average Bonchev–Trinajstić information content (AvgIpc) is 2.39. The summed E-state index contributed by atoms with van der Waals surface area (Å²) in [6, 6.07) is 12.2. The van der Waals surface area contributed by atoms with Gasteiger partial charge in [0.25, 0.3) is 0 Å². The molecule has 4 heteroatoms. The van der Waals surface area contributed by atoms with Crippen LogP contribution in [0.15, 0.2) is 42.5 Å². The summed E-state index contributed by atoms with van der Waals surface area (Å²) < 4.78 is 24.3. The number of ether oxygens (including phenoxy) is 2. The molecule has 0 atom stereocenters. The third kappa shape index (κ3) is 4.05. The van der Waals surface area contributed by atoms with Gasteiger partial charge in [-0.25, -0.2) is 4.39 Å². The van der Waals surface area contributed by atoms with Gasteiger partial charge in [0.1, 0.15) is 17.3 Å². The van der Waals surface area contributed by atoms with Crippen LogP contribution >= 0.6 is 0 Å². The Morgan fingerprint density at radius 3 is 2.60 bits per heavy atom. The summed E-state index contributed by atoms with van der Waals surface area (Å²) >= 11 is 0. The van der Waals surface area contributed by atoms with Crippen molar-refractivity contribution in [1.82, 2.24) is 0 Å². The molecule has 0 amide bonds. The van der Waals surface area contributed by atoms with E-state index in [2.05, 4.69) is 0 Å². The molecule has 0 fully saturated rings. The van der Waals surface area contributed by atoms with Crippen molar-refractivity contribution in [2.45, 2.75) is 13.0 Å². The van der Waals surface area contributed by atoms with Crippen molar-refractivity contribution in [3.05, 3.63) is 59.4 Å². The van der Waals surface area contributed by atoms with Gasteiger partial charge in [0.15, 0.2) is 0 Å². The number of rotatable bonds is 6. The van der Waals surface area contributed by atoms with E-state index in [-0.39, 0.29) is 5.82 Å². The number of hydrogen-bond donors (Lipinski definition) is 1. The molecular weight excluding hydrogens is 257 g/mol. The number of nitrogens with two attached hydrogens (primary N) is 1. The van der Waals surface area contributed by atoms with Gasteiger partial charge < -0.3 is 15.2 Å². The van der Waals surface area contributed by atoms with Gasteiger partial charge in [0.2, 0.25) is 0 Å². The van der Waals surface area contributed by atoms with E-state index in [0.717, 1.165) is 11.1 Å². The molecule has 0 saturated heterocycles. The van der Waals surface area contributed by atoms with Gasteiger partial charge in [-0.15, -0.1) is 0 Å². The van der Waals surface area contributed by atoms with Crippen LogP contribution in [0.1, 0.15) is 11.1 Å². The maximum atomic E-state index is 13.5. The zero-order valence-electron chi connectivity index (χ0n) is 11.4. The lowest BCUT2D eigenvalue weighted by Crippen LogP contribution is -2.03. The van der Waals surface area contributed by atoms with Crippen molar-refractivity contribution >= 4 is 0 Å². The summed E-state index contributed by atoms with van der Waals surface area (Å²) in [6.45, 7) is 0.991. The molecule has 0 bridgehead atoms. The summed E-state index contributed by atoms with van der Waals surface area (Å²) in [6.07, 6.45) is 0.623. The maximum absolute atomic E-state index is 13.5. The zero-order valence-corrected chi connectivity index (χ0v) is 11.4.